The Morgan fingerprint density at radius 2 is 1.59 bits per heavy atom. The molecule has 0 bridgehead atoms. The summed E-state index contributed by atoms with van der Waals surface area (Å²) < 4.78 is 2.61. The van der Waals surface area contributed by atoms with Crippen molar-refractivity contribution in [1.29, 1.82) is 0 Å². The normalized spacial score (nSPS) is 16.3. The highest BCUT2D eigenvalue weighted by atomic mass is 127. The van der Waals surface area contributed by atoms with Crippen LogP contribution in [0.4, 0.5) is 0 Å². The first kappa shape index (κ1) is 35.9. The van der Waals surface area contributed by atoms with Gasteiger partial charge in [-0.15, -0.1) is 11.3 Å². The first-order chi connectivity index (χ1) is 20.9. The van der Waals surface area contributed by atoms with Crippen molar-refractivity contribution >= 4 is 57.8 Å². The van der Waals surface area contributed by atoms with E-state index in [1.807, 2.05) is 75.1 Å². The Morgan fingerprint density at radius 1 is 0.977 bits per heavy atom. The number of carbonyl (C=O) groups is 4. The van der Waals surface area contributed by atoms with Crippen LogP contribution in [0.2, 0.25) is 0 Å². The van der Waals surface area contributed by atoms with Crippen LogP contribution in [0.25, 0.3) is 10.4 Å². The predicted octanol–water partition coefficient (Wildman–Crippen LogP) is 6.40. The number of amides is 4. The van der Waals surface area contributed by atoms with Crippen LogP contribution < -0.4 is 14.2 Å². The van der Waals surface area contributed by atoms with Gasteiger partial charge in [-0.25, -0.2) is 4.98 Å². The molecular weight excluding hydrogens is 689 g/mol. The second-order valence-electron chi connectivity index (χ2n) is 12.8. The van der Waals surface area contributed by atoms with Gasteiger partial charge in [0.15, 0.2) is 0 Å². The zero-order valence-corrected chi connectivity index (χ0v) is 29.7. The molecule has 1 aromatic carbocycles. The third kappa shape index (κ3) is 10.5. The van der Waals surface area contributed by atoms with Crippen molar-refractivity contribution in [2.24, 2.45) is 5.41 Å². The summed E-state index contributed by atoms with van der Waals surface area (Å²) in [6.07, 6.45) is 7.86. The van der Waals surface area contributed by atoms with Gasteiger partial charge in [0.05, 0.1) is 45.0 Å². The summed E-state index contributed by atoms with van der Waals surface area (Å²) in [5, 5.41) is 6.12. The summed E-state index contributed by atoms with van der Waals surface area (Å²) >= 11 is 3.47. The summed E-state index contributed by atoms with van der Waals surface area (Å²) in [7, 11) is 0. The summed E-state index contributed by atoms with van der Waals surface area (Å²) in [5.74, 6) is -0.441. The third-order valence-corrected chi connectivity index (χ3v) is 9.78. The molecular formula is C33H48IN5O4S. The average Bonchev–Trinajstić information content (AvgIpc) is 3.65. The predicted molar refractivity (Wildman–Crippen MR) is 184 cm³/mol. The van der Waals surface area contributed by atoms with Crippen LogP contribution in [0.15, 0.2) is 29.8 Å². The molecule has 9 nitrogen and oxygen atoms in total. The fourth-order valence-electron chi connectivity index (χ4n) is 5.57. The molecule has 242 valence electrons. The topological polar surface area (TPSA) is 120 Å². The first-order valence-corrected chi connectivity index (χ1v) is 17.7. The number of nitrogens with zero attached hydrogens (tertiary/aromatic N) is 2. The van der Waals surface area contributed by atoms with Crippen molar-refractivity contribution in [3.05, 3.63) is 41.0 Å². The second-order valence-corrected chi connectivity index (χ2v) is 14.2. The Labute approximate surface area is 280 Å². The number of thiazole rings is 1. The molecule has 1 aliphatic rings. The molecule has 11 heteroatoms. The van der Waals surface area contributed by atoms with E-state index in [1.165, 1.54) is 0 Å². The van der Waals surface area contributed by atoms with Gasteiger partial charge in [-0.3, -0.25) is 22.7 Å². The van der Waals surface area contributed by atoms with Crippen molar-refractivity contribution in [3.63, 3.8) is 0 Å². The standard InChI is InChI=1S/C33H48IN5O4S/c1-22(24-16-18-25(19-17-24)29-23(2)35-21-44-29)36-31(42)26-13-12-20-39(26)32(43)30(33(3,4)5)37-27(40)14-10-8-6-7-9-11-15-28(41)38-34/h16-19,21-22,26,30H,6-15,20H2,1-5H3,(H,36,42)(H,37,40)(H,38,41)/t22-,26?,30?/m0/s1. The molecule has 2 unspecified atom stereocenters. The number of aryl methyl sites for hydroxylation is 1. The van der Waals surface area contributed by atoms with Crippen molar-refractivity contribution < 1.29 is 19.2 Å². The van der Waals surface area contributed by atoms with Crippen molar-refractivity contribution in [1.82, 2.24) is 24.0 Å². The van der Waals surface area contributed by atoms with Crippen LogP contribution in [0.1, 0.15) is 109 Å². The number of benzene rings is 1. The summed E-state index contributed by atoms with van der Waals surface area (Å²) in [6, 6.07) is 6.66. The smallest absolute Gasteiger partial charge is 0.246 e. The van der Waals surface area contributed by atoms with E-state index in [-0.39, 0.29) is 29.7 Å². The lowest BCUT2D eigenvalue weighted by Gasteiger charge is -2.35. The van der Waals surface area contributed by atoms with E-state index in [0.717, 1.165) is 66.6 Å². The summed E-state index contributed by atoms with van der Waals surface area (Å²) in [6.45, 7) is 10.3. The highest BCUT2D eigenvalue weighted by Gasteiger charge is 2.42. The minimum atomic E-state index is -0.715. The molecule has 1 aromatic heterocycles. The molecule has 4 amide bonds. The maximum atomic E-state index is 13.8. The van der Waals surface area contributed by atoms with Crippen LogP contribution >= 0.6 is 34.2 Å². The Bertz CT molecular complexity index is 1260. The first-order valence-electron chi connectivity index (χ1n) is 15.7. The molecule has 0 saturated carbocycles. The molecule has 2 aromatic rings. The SMILES string of the molecule is Cc1ncsc1-c1ccc([C@H](C)NC(=O)C2CCCN2C(=O)C(NC(=O)CCCCCCCCC(=O)NI)C(C)(C)C)cc1. The van der Waals surface area contributed by atoms with Crippen molar-refractivity contribution in [3.8, 4) is 10.4 Å². The second kappa shape index (κ2) is 17.2. The van der Waals surface area contributed by atoms with Gasteiger partial charge in [0, 0.05) is 19.4 Å². The van der Waals surface area contributed by atoms with Crippen LogP contribution in [0.3, 0.4) is 0 Å². The van der Waals surface area contributed by atoms with Crippen molar-refractivity contribution in [2.75, 3.05) is 6.54 Å². The zero-order valence-electron chi connectivity index (χ0n) is 26.7. The van der Waals surface area contributed by atoms with Gasteiger partial charge in [0.2, 0.25) is 23.6 Å². The largest absolute Gasteiger partial charge is 0.348 e. The Hall–Kier alpha value is -2.54. The lowest BCUT2D eigenvalue weighted by molar-refractivity contribution is -0.144. The lowest BCUT2D eigenvalue weighted by Crippen LogP contribution is -2.57. The Kier molecular flexibility index (Phi) is 14.1. The van der Waals surface area contributed by atoms with Gasteiger partial charge >= 0.3 is 0 Å². The van der Waals surface area contributed by atoms with Gasteiger partial charge in [-0.1, -0.05) is 70.7 Å². The van der Waals surface area contributed by atoms with Crippen molar-refractivity contribution in [2.45, 2.75) is 117 Å². The number of hydrogen-bond donors (Lipinski definition) is 3. The van der Waals surface area contributed by atoms with Gasteiger partial charge in [-0.2, -0.15) is 0 Å². The van der Waals surface area contributed by atoms with E-state index in [1.54, 1.807) is 16.2 Å². The van der Waals surface area contributed by atoms with Crippen LogP contribution in [-0.4, -0.2) is 52.1 Å². The van der Waals surface area contributed by atoms with E-state index in [2.05, 4.69) is 31.3 Å². The van der Waals surface area contributed by atoms with Gasteiger partial charge < -0.3 is 15.5 Å². The zero-order chi connectivity index (χ0) is 32.3. The molecule has 3 atom stereocenters. The Morgan fingerprint density at radius 3 is 2.16 bits per heavy atom. The number of likely N-dealkylation sites (tertiary alicyclic amines) is 1. The highest BCUT2D eigenvalue weighted by Crippen LogP contribution is 2.29. The number of aromatic nitrogens is 1. The molecule has 0 radical (unpaired) electrons. The molecule has 1 fully saturated rings. The van der Waals surface area contributed by atoms with E-state index in [4.69, 9.17) is 0 Å². The molecule has 0 aliphatic carbocycles. The summed E-state index contributed by atoms with van der Waals surface area (Å²) in [5.41, 5.74) is 4.43. The molecule has 44 heavy (non-hydrogen) atoms. The quantitative estimate of drug-likeness (QED) is 0.111. The van der Waals surface area contributed by atoms with E-state index in [0.29, 0.717) is 25.8 Å². The summed E-state index contributed by atoms with van der Waals surface area (Å²) in [4.78, 5) is 58.6. The molecule has 0 spiro atoms. The molecule has 3 N–H and O–H groups in total. The van der Waals surface area contributed by atoms with Gasteiger partial charge in [0.25, 0.3) is 0 Å². The van der Waals surface area contributed by atoms with Gasteiger partial charge in [-0.05, 0) is 56.1 Å². The minimum absolute atomic E-state index is 0.0600. The van der Waals surface area contributed by atoms with Crippen LogP contribution in [-0.2, 0) is 19.2 Å². The fraction of sp³-hybridized carbons (Fsp3) is 0.606. The minimum Gasteiger partial charge on any atom is -0.348 e. The van der Waals surface area contributed by atoms with E-state index >= 15 is 0 Å². The van der Waals surface area contributed by atoms with Gasteiger partial charge in [0.1, 0.15) is 12.1 Å². The average molecular weight is 738 g/mol. The molecule has 1 aliphatic heterocycles. The van der Waals surface area contributed by atoms with E-state index in [9.17, 15) is 19.2 Å². The van der Waals surface area contributed by atoms with E-state index < -0.39 is 17.5 Å². The Balaban J connectivity index is 1.51. The monoisotopic (exact) mass is 737 g/mol. The highest BCUT2D eigenvalue weighted by molar-refractivity contribution is 14.1. The number of hydrogen-bond acceptors (Lipinski definition) is 6. The fourth-order valence-corrected chi connectivity index (χ4v) is 6.65. The maximum absolute atomic E-state index is 13.8. The van der Waals surface area contributed by atoms with Crippen LogP contribution in [0.5, 0.6) is 0 Å². The number of carbonyl (C=O) groups excluding carboxylic acids is 4. The third-order valence-electron chi connectivity index (χ3n) is 8.20. The lowest BCUT2D eigenvalue weighted by atomic mass is 9.85. The number of unbranched alkanes of at least 4 members (excludes halogenated alkanes) is 5. The molecule has 1 saturated heterocycles. The number of nitrogens with one attached hydrogen (secondary N) is 3. The molecule has 3 rings (SSSR count). The van der Waals surface area contributed by atoms with Crippen LogP contribution in [0, 0.1) is 12.3 Å². The molecule has 2 heterocycles. The number of rotatable bonds is 15. The number of halogens is 1. The maximum Gasteiger partial charge on any atom is 0.246 e.